The van der Waals surface area contributed by atoms with Crippen LogP contribution in [0, 0.1) is 11.8 Å². The summed E-state index contributed by atoms with van der Waals surface area (Å²) in [6.45, 7) is 19.2. The van der Waals surface area contributed by atoms with E-state index in [9.17, 15) is 9.59 Å². The van der Waals surface area contributed by atoms with E-state index in [0.29, 0.717) is 24.9 Å². The molecule has 0 aliphatic carbocycles. The molecular weight excluding hydrogens is 408 g/mol. The average molecular weight is 463 g/mol. The first-order chi connectivity index (χ1) is 15.5. The van der Waals surface area contributed by atoms with Crippen molar-refractivity contribution in [3.05, 3.63) is 46.6 Å². The molecule has 2 unspecified atom stereocenters. The predicted molar refractivity (Wildman–Crippen MR) is 147 cm³/mol. The molecule has 0 aliphatic rings. The van der Waals surface area contributed by atoms with Crippen molar-refractivity contribution < 1.29 is 14.7 Å². The smallest absolute Gasteiger partial charge is 0.142 e. The predicted octanol–water partition coefficient (Wildman–Crippen LogP) is 8.59. The Morgan fingerprint density at radius 3 is 1.55 bits per heavy atom. The lowest BCUT2D eigenvalue weighted by Gasteiger charge is -2.06. The molecule has 0 saturated carbocycles. The molecule has 0 bridgehead atoms. The highest BCUT2D eigenvalue weighted by Crippen LogP contribution is 2.11. The molecule has 0 aliphatic heterocycles. The van der Waals surface area contributed by atoms with Gasteiger partial charge in [0, 0.05) is 13.0 Å². The summed E-state index contributed by atoms with van der Waals surface area (Å²) < 4.78 is 0. The van der Waals surface area contributed by atoms with E-state index in [-0.39, 0.29) is 0 Å². The fourth-order valence-corrected chi connectivity index (χ4v) is 2.75. The molecule has 0 radical (unpaired) electrons. The van der Waals surface area contributed by atoms with Crippen molar-refractivity contribution >= 4 is 12.6 Å². The largest absolute Gasteiger partial charge is 0.396 e. The SMILES string of the molecule is CC(C)=CCC/C(C)=C/C=O.CC(C)=CCCC(C)CC=O.CC(C)=CCCC(C)CCO. The zero-order chi connectivity index (χ0) is 26.1. The topological polar surface area (TPSA) is 54.4 Å². The third-order valence-corrected chi connectivity index (χ3v) is 4.99. The van der Waals surface area contributed by atoms with Crippen LogP contribution in [-0.4, -0.2) is 24.3 Å². The number of carbonyl (C=O) groups is 2. The highest BCUT2D eigenvalue weighted by atomic mass is 16.3. The van der Waals surface area contributed by atoms with Crippen molar-refractivity contribution in [2.75, 3.05) is 6.61 Å². The number of allylic oxidation sites excluding steroid dienone is 8. The Labute approximate surface area is 206 Å². The highest BCUT2D eigenvalue weighted by molar-refractivity contribution is 5.65. The van der Waals surface area contributed by atoms with Crippen molar-refractivity contribution in [3.8, 4) is 0 Å². The normalized spacial score (nSPS) is 12.0. The van der Waals surface area contributed by atoms with E-state index in [1.165, 1.54) is 23.1 Å². The molecule has 1 N–H and O–H groups in total. The molecule has 0 amide bonds. The van der Waals surface area contributed by atoms with Crippen molar-refractivity contribution in [1.29, 1.82) is 0 Å². The van der Waals surface area contributed by atoms with Crippen LogP contribution in [0.1, 0.15) is 114 Å². The summed E-state index contributed by atoms with van der Waals surface area (Å²) in [6.07, 6.45) is 18.4. The molecule has 0 spiro atoms. The highest BCUT2D eigenvalue weighted by Gasteiger charge is 1.99. The summed E-state index contributed by atoms with van der Waals surface area (Å²) in [5, 5.41) is 8.63. The van der Waals surface area contributed by atoms with Crippen LogP contribution in [0.2, 0.25) is 0 Å². The monoisotopic (exact) mass is 462 g/mol. The number of carbonyl (C=O) groups excluding carboxylic acids is 2. The van der Waals surface area contributed by atoms with Crippen molar-refractivity contribution in [3.63, 3.8) is 0 Å². The van der Waals surface area contributed by atoms with Gasteiger partial charge >= 0.3 is 0 Å². The summed E-state index contributed by atoms with van der Waals surface area (Å²) in [6, 6.07) is 0. The Morgan fingerprint density at radius 1 is 0.697 bits per heavy atom. The van der Waals surface area contributed by atoms with Gasteiger partial charge < -0.3 is 9.90 Å². The van der Waals surface area contributed by atoms with Crippen molar-refractivity contribution in [2.45, 2.75) is 114 Å². The number of rotatable bonds is 14. The molecule has 0 heterocycles. The second-order valence-electron chi connectivity index (χ2n) is 9.81. The van der Waals surface area contributed by atoms with E-state index in [1.54, 1.807) is 6.08 Å². The van der Waals surface area contributed by atoms with E-state index in [1.807, 2.05) is 6.92 Å². The lowest BCUT2D eigenvalue weighted by molar-refractivity contribution is -0.108. The lowest BCUT2D eigenvalue weighted by atomic mass is 10.0. The number of hydrogen-bond donors (Lipinski definition) is 1. The van der Waals surface area contributed by atoms with Gasteiger partial charge in [0.1, 0.15) is 12.6 Å². The van der Waals surface area contributed by atoms with Crippen molar-refractivity contribution in [2.24, 2.45) is 11.8 Å². The Kier molecular flexibility index (Phi) is 28.8. The maximum atomic E-state index is 10.1. The van der Waals surface area contributed by atoms with Gasteiger partial charge in [-0.25, -0.2) is 0 Å². The second-order valence-corrected chi connectivity index (χ2v) is 9.81. The number of aldehydes is 2. The van der Waals surface area contributed by atoms with Gasteiger partial charge in [-0.15, -0.1) is 0 Å². The van der Waals surface area contributed by atoms with E-state index in [0.717, 1.165) is 56.7 Å². The quantitative estimate of drug-likeness (QED) is 0.160. The molecule has 0 aromatic heterocycles. The minimum absolute atomic E-state index is 0.329. The number of aliphatic hydroxyl groups excluding tert-OH is 1. The fourth-order valence-electron chi connectivity index (χ4n) is 2.75. The molecule has 3 heteroatoms. The molecule has 33 heavy (non-hydrogen) atoms. The van der Waals surface area contributed by atoms with Crippen LogP contribution in [0.5, 0.6) is 0 Å². The van der Waals surface area contributed by atoms with Gasteiger partial charge in [0.2, 0.25) is 0 Å². The molecule has 0 saturated heterocycles. The standard InChI is InChI=1S/C10H20O.C10H18O.C10H16O/c3*1-9(2)5-4-6-10(3)7-8-11/h5,10-11H,4,6-8H2,1-3H3;5,8,10H,4,6-7H2,1-3H3;5,7-8H,4,6H2,1-3H3/b;;10-7+. The van der Waals surface area contributed by atoms with E-state index < -0.39 is 0 Å². The Bertz CT molecular complexity index is 582. The Morgan fingerprint density at radius 2 is 1.15 bits per heavy atom. The number of aliphatic hydroxyl groups is 1. The van der Waals surface area contributed by atoms with Gasteiger partial charge in [-0.2, -0.15) is 0 Å². The summed E-state index contributed by atoms with van der Waals surface area (Å²) >= 11 is 0. The summed E-state index contributed by atoms with van der Waals surface area (Å²) in [5.74, 6) is 1.21. The average Bonchev–Trinajstić information content (AvgIpc) is 2.69. The fraction of sp³-hybridized carbons (Fsp3) is 0.667. The Hall–Kier alpha value is -1.74. The third-order valence-electron chi connectivity index (χ3n) is 4.99. The first kappa shape index (κ1) is 35.8. The lowest BCUT2D eigenvalue weighted by Crippen LogP contribution is -1.96. The minimum Gasteiger partial charge on any atom is -0.396 e. The van der Waals surface area contributed by atoms with Crippen LogP contribution in [0.3, 0.4) is 0 Å². The van der Waals surface area contributed by atoms with Crippen molar-refractivity contribution in [1.82, 2.24) is 0 Å². The van der Waals surface area contributed by atoms with Crippen LogP contribution >= 0.6 is 0 Å². The summed E-state index contributed by atoms with van der Waals surface area (Å²) in [4.78, 5) is 20.1. The van der Waals surface area contributed by atoms with Crippen LogP contribution in [0.25, 0.3) is 0 Å². The van der Waals surface area contributed by atoms with E-state index >= 15 is 0 Å². The van der Waals surface area contributed by atoms with E-state index in [4.69, 9.17) is 5.11 Å². The van der Waals surface area contributed by atoms with Gasteiger partial charge in [-0.05, 0) is 111 Å². The maximum absolute atomic E-state index is 10.1. The zero-order valence-electron chi connectivity index (χ0n) is 23.2. The first-order valence-corrected chi connectivity index (χ1v) is 12.5. The van der Waals surface area contributed by atoms with Crippen LogP contribution in [0.15, 0.2) is 46.6 Å². The zero-order valence-corrected chi connectivity index (χ0v) is 23.2. The van der Waals surface area contributed by atoms with Gasteiger partial charge in [0.25, 0.3) is 0 Å². The maximum Gasteiger partial charge on any atom is 0.142 e. The van der Waals surface area contributed by atoms with E-state index in [2.05, 4.69) is 73.6 Å². The minimum atomic E-state index is 0.329. The molecule has 192 valence electrons. The van der Waals surface area contributed by atoms with Gasteiger partial charge in [0.15, 0.2) is 0 Å². The molecule has 0 rings (SSSR count). The molecule has 0 aromatic carbocycles. The molecule has 0 fully saturated rings. The van der Waals surface area contributed by atoms with Crippen LogP contribution < -0.4 is 0 Å². The summed E-state index contributed by atoms with van der Waals surface area (Å²) in [7, 11) is 0. The third kappa shape index (κ3) is 37.9. The molecular formula is C30H54O3. The van der Waals surface area contributed by atoms with Crippen LogP contribution in [0.4, 0.5) is 0 Å². The number of hydrogen-bond acceptors (Lipinski definition) is 3. The van der Waals surface area contributed by atoms with Gasteiger partial charge in [-0.1, -0.05) is 54.4 Å². The summed E-state index contributed by atoms with van der Waals surface area (Å²) in [5.41, 5.74) is 5.24. The first-order valence-electron chi connectivity index (χ1n) is 12.5. The van der Waals surface area contributed by atoms with Gasteiger partial charge in [-0.3, -0.25) is 4.79 Å². The van der Waals surface area contributed by atoms with Gasteiger partial charge in [0.05, 0.1) is 0 Å². The second kappa shape index (κ2) is 26.5. The molecule has 3 nitrogen and oxygen atoms in total. The van der Waals surface area contributed by atoms with Crippen LogP contribution in [-0.2, 0) is 9.59 Å². The molecule has 2 atom stereocenters. The molecule has 0 aromatic rings. The Balaban J connectivity index is -0.000000409.